The molecule has 90 valence electrons. The van der Waals surface area contributed by atoms with Crippen LogP contribution in [-0.4, -0.2) is 24.2 Å². The SMILES string of the molecule is CC(Nc1ccc(N)c(C#N)n1)C1CCOC1. The van der Waals surface area contributed by atoms with Gasteiger partial charge in [-0.1, -0.05) is 0 Å². The smallest absolute Gasteiger partial charge is 0.165 e. The molecule has 1 aromatic heterocycles. The molecule has 0 aliphatic carbocycles. The Morgan fingerprint density at radius 1 is 1.65 bits per heavy atom. The summed E-state index contributed by atoms with van der Waals surface area (Å²) >= 11 is 0. The summed E-state index contributed by atoms with van der Waals surface area (Å²) < 4.78 is 5.35. The molecule has 17 heavy (non-hydrogen) atoms. The molecule has 1 aromatic rings. The molecule has 0 bridgehead atoms. The number of anilines is 2. The van der Waals surface area contributed by atoms with E-state index in [1.54, 1.807) is 12.1 Å². The molecular formula is C12H16N4O. The lowest BCUT2D eigenvalue weighted by Crippen LogP contribution is -2.26. The fourth-order valence-corrected chi connectivity index (χ4v) is 1.94. The maximum Gasteiger partial charge on any atom is 0.165 e. The summed E-state index contributed by atoms with van der Waals surface area (Å²) in [6.07, 6.45) is 1.06. The van der Waals surface area contributed by atoms with Crippen molar-refractivity contribution in [2.45, 2.75) is 19.4 Å². The summed E-state index contributed by atoms with van der Waals surface area (Å²) in [6.45, 7) is 3.72. The second kappa shape index (κ2) is 5.02. The molecule has 2 atom stereocenters. The molecule has 2 rings (SSSR count). The molecule has 0 aromatic carbocycles. The third-order valence-electron chi connectivity index (χ3n) is 3.08. The van der Waals surface area contributed by atoms with Crippen LogP contribution in [0.25, 0.3) is 0 Å². The highest BCUT2D eigenvalue weighted by Gasteiger charge is 2.22. The maximum atomic E-state index is 8.85. The number of hydrogen-bond acceptors (Lipinski definition) is 5. The summed E-state index contributed by atoms with van der Waals surface area (Å²) in [6, 6.07) is 5.75. The van der Waals surface area contributed by atoms with E-state index >= 15 is 0 Å². The number of nitriles is 1. The van der Waals surface area contributed by atoms with Gasteiger partial charge in [-0.15, -0.1) is 0 Å². The summed E-state index contributed by atoms with van der Waals surface area (Å²) in [5.41, 5.74) is 6.30. The molecule has 0 amide bonds. The Morgan fingerprint density at radius 3 is 3.12 bits per heavy atom. The van der Waals surface area contributed by atoms with Gasteiger partial charge in [-0.2, -0.15) is 5.26 Å². The first-order valence-electron chi connectivity index (χ1n) is 5.71. The predicted molar refractivity (Wildman–Crippen MR) is 65.4 cm³/mol. The second-order valence-electron chi connectivity index (χ2n) is 4.30. The van der Waals surface area contributed by atoms with Crippen molar-refractivity contribution in [3.8, 4) is 6.07 Å². The molecule has 1 aliphatic heterocycles. The summed E-state index contributed by atoms with van der Waals surface area (Å²) in [4.78, 5) is 4.16. The van der Waals surface area contributed by atoms with E-state index in [1.807, 2.05) is 6.07 Å². The fraction of sp³-hybridized carbons (Fsp3) is 0.500. The maximum absolute atomic E-state index is 8.85. The van der Waals surface area contributed by atoms with Crippen LogP contribution in [0.1, 0.15) is 19.0 Å². The molecule has 1 saturated heterocycles. The highest BCUT2D eigenvalue weighted by molar-refractivity contribution is 5.54. The van der Waals surface area contributed by atoms with Crippen molar-refractivity contribution in [3.63, 3.8) is 0 Å². The minimum absolute atomic E-state index is 0.268. The van der Waals surface area contributed by atoms with E-state index in [9.17, 15) is 0 Å². The van der Waals surface area contributed by atoms with Crippen molar-refractivity contribution in [2.75, 3.05) is 24.3 Å². The van der Waals surface area contributed by atoms with Crippen LogP contribution in [0.5, 0.6) is 0 Å². The number of nitrogens with two attached hydrogens (primary N) is 1. The van der Waals surface area contributed by atoms with Gasteiger partial charge in [0.2, 0.25) is 0 Å². The zero-order valence-electron chi connectivity index (χ0n) is 9.81. The average molecular weight is 232 g/mol. The molecular weight excluding hydrogens is 216 g/mol. The summed E-state index contributed by atoms with van der Waals surface area (Å²) in [5, 5.41) is 12.1. The second-order valence-corrected chi connectivity index (χ2v) is 4.30. The number of hydrogen-bond donors (Lipinski definition) is 2. The average Bonchev–Trinajstić information content (AvgIpc) is 2.85. The number of rotatable bonds is 3. The van der Waals surface area contributed by atoms with Gasteiger partial charge in [0.05, 0.1) is 12.3 Å². The van der Waals surface area contributed by atoms with Crippen molar-refractivity contribution in [2.24, 2.45) is 5.92 Å². The first kappa shape index (κ1) is 11.7. The van der Waals surface area contributed by atoms with Crippen LogP contribution in [0.15, 0.2) is 12.1 Å². The van der Waals surface area contributed by atoms with Gasteiger partial charge in [-0.25, -0.2) is 4.98 Å². The van der Waals surface area contributed by atoms with Gasteiger partial charge in [0.1, 0.15) is 11.9 Å². The molecule has 5 heteroatoms. The number of nitrogens with one attached hydrogen (secondary N) is 1. The van der Waals surface area contributed by atoms with Crippen LogP contribution in [0.3, 0.4) is 0 Å². The normalized spacial score (nSPS) is 20.8. The van der Waals surface area contributed by atoms with Gasteiger partial charge in [0, 0.05) is 18.6 Å². The monoisotopic (exact) mass is 232 g/mol. The van der Waals surface area contributed by atoms with Crippen LogP contribution in [-0.2, 0) is 4.74 Å². The largest absolute Gasteiger partial charge is 0.396 e. The summed E-state index contributed by atoms with van der Waals surface area (Å²) in [7, 11) is 0. The van der Waals surface area contributed by atoms with Crippen molar-refractivity contribution < 1.29 is 4.74 Å². The van der Waals surface area contributed by atoms with Gasteiger partial charge in [0.25, 0.3) is 0 Å². The number of aromatic nitrogens is 1. The van der Waals surface area contributed by atoms with E-state index in [0.29, 0.717) is 17.4 Å². The Balaban J connectivity index is 2.05. The van der Waals surface area contributed by atoms with E-state index in [4.69, 9.17) is 15.7 Å². The lowest BCUT2D eigenvalue weighted by Gasteiger charge is -2.19. The Morgan fingerprint density at radius 2 is 2.47 bits per heavy atom. The number of nitrogen functional groups attached to an aromatic ring is 1. The van der Waals surface area contributed by atoms with E-state index < -0.39 is 0 Å². The van der Waals surface area contributed by atoms with Crippen LogP contribution in [0.2, 0.25) is 0 Å². The van der Waals surface area contributed by atoms with Gasteiger partial charge in [-0.05, 0) is 25.5 Å². The lowest BCUT2D eigenvalue weighted by atomic mass is 10.0. The number of ether oxygens (including phenoxy) is 1. The van der Waals surface area contributed by atoms with E-state index in [1.165, 1.54) is 0 Å². The molecule has 0 saturated carbocycles. The zero-order chi connectivity index (χ0) is 12.3. The molecule has 2 unspecified atom stereocenters. The molecule has 1 aliphatic rings. The van der Waals surface area contributed by atoms with Gasteiger partial charge >= 0.3 is 0 Å². The predicted octanol–water partition coefficient (Wildman–Crippen LogP) is 1.37. The van der Waals surface area contributed by atoms with Crippen LogP contribution in [0, 0.1) is 17.2 Å². The van der Waals surface area contributed by atoms with Crippen molar-refractivity contribution in [1.82, 2.24) is 4.98 Å². The van der Waals surface area contributed by atoms with Crippen LogP contribution >= 0.6 is 0 Å². The highest BCUT2D eigenvalue weighted by Crippen LogP contribution is 2.20. The summed E-state index contributed by atoms with van der Waals surface area (Å²) in [5.74, 6) is 1.19. The third kappa shape index (κ3) is 2.66. The standard InChI is InChI=1S/C12H16N4O/c1-8(9-4-5-17-7-9)15-12-3-2-10(14)11(6-13)16-12/h2-3,8-9H,4-5,7,14H2,1H3,(H,15,16). The molecule has 5 nitrogen and oxygen atoms in total. The minimum Gasteiger partial charge on any atom is -0.396 e. The Bertz CT molecular complexity index is 435. The topological polar surface area (TPSA) is 84.0 Å². The highest BCUT2D eigenvalue weighted by atomic mass is 16.5. The molecule has 2 heterocycles. The minimum atomic E-state index is 0.268. The van der Waals surface area contributed by atoms with Crippen molar-refractivity contribution >= 4 is 11.5 Å². The number of pyridine rings is 1. The first-order valence-corrected chi connectivity index (χ1v) is 5.71. The van der Waals surface area contributed by atoms with Crippen molar-refractivity contribution in [1.29, 1.82) is 5.26 Å². The van der Waals surface area contributed by atoms with Crippen molar-refractivity contribution in [3.05, 3.63) is 17.8 Å². The van der Waals surface area contributed by atoms with Crippen LogP contribution in [0.4, 0.5) is 11.5 Å². The van der Waals surface area contributed by atoms with E-state index in [2.05, 4.69) is 17.2 Å². The molecule has 3 N–H and O–H groups in total. The van der Waals surface area contributed by atoms with Gasteiger partial charge in [-0.3, -0.25) is 0 Å². The molecule has 0 spiro atoms. The lowest BCUT2D eigenvalue weighted by molar-refractivity contribution is 0.183. The third-order valence-corrected chi connectivity index (χ3v) is 3.08. The molecule has 1 fully saturated rings. The van der Waals surface area contributed by atoms with Gasteiger partial charge in [0.15, 0.2) is 5.69 Å². The Labute approximate surface area is 101 Å². The quantitative estimate of drug-likeness (QED) is 0.822. The van der Waals surface area contributed by atoms with Crippen LogP contribution < -0.4 is 11.1 Å². The molecule has 0 radical (unpaired) electrons. The Hall–Kier alpha value is -1.80. The first-order chi connectivity index (χ1) is 8.20. The van der Waals surface area contributed by atoms with E-state index in [0.717, 1.165) is 19.6 Å². The number of nitrogens with zero attached hydrogens (tertiary/aromatic N) is 2. The zero-order valence-corrected chi connectivity index (χ0v) is 9.81. The van der Waals surface area contributed by atoms with Gasteiger partial charge < -0.3 is 15.8 Å². The fourth-order valence-electron chi connectivity index (χ4n) is 1.94. The Kier molecular flexibility index (Phi) is 3.45. The van der Waals surface area contributed by atoms with E-state index in [-0.39, 0.29) is 11.7 Å².